The monoisotopic (exact) mass is 744 g/mol. The first-order chi connectivity index (χ1) is 26.5. The maximum atomic E-state index is 12.9. The number of esters is 3. The molecule has 0 spiro atoms. The van der Waals surface area contributed by atoms with E-state index in [2.05, 4.69) is 25.3 Å². The van der Waals surface area contributed by atoms with Crippen molar-refractivity contribution in [3.63, 3.8) is 0 Å². The zero-order valence-corrected chi connectivity index (χ0v) is 33.1. The summed E-state index contributed by atoms with van der Waals surface area (Å²) in [4.78, 5) is 35.0. The maximum Gasteiger partial charge on any atom is 0.330 e. The molecule has 7 heteroatoms. The van der Waals surface area contributed by atoms with Crippen molar-refractivity contribution < 1.29 is 33.3 Å². The number of hydrogen-bond acceptors (Lipinski definition) is 7. The van der Waals surface area contributed by atoms with Crippen LogP contribution in [0.1, 0.15) is 148 Å². The van der Waals surface area contributed by atoms with Crippen LogP contribution in [-0.2, 0) is 23.9 Å². The van der Waals surface area contributed by atoms with Gasteiger partial charge in [0.15, 0.2) is 0 Å². The summed E-state index contributed by atoms with van der Waals surface area (Å²) in [6.45, 7) is 8.54. The smallest absolute Gasteiger partial charge is 0.330 e. The normalized spacial score (nSPS) is 15.3. The molecule has 1 saturated carbocycles. The second kappa shape index (κ2) is 28.6. The molecule has 0 heterocycles. The SMILES string of the molecule is C=CC(=O)OCCCCCCCCCCCOc1ccc(-c2ccc(OC(=O)C3CCC(CCCCCCCCCCCOC(=O)C=C)CC3)cc2)cc1. The molecule has 0 saturated heterocycles. The van der Waals surface area contributed by atoms with Crippen LogP contribution in [0.25, 0.3) is 11.1 Å². The third-order valence-electron chi connectivity index (χ3n) is 10.6. The van der Waals surface area contributed by atoms with Crippen molar-refractivity contribution in [1.29, 1.82) is 0 Å². The minimum Gasteiger partial charge on any atom is -0.494 e. The van der Waals surface area contributed by atoms with Crippen LogP contribution in [-0.4, -0.2) is 37.7 Å². The molecule has 0 aliphatic heterocycles. The molecule has 2 aromatic rings. The van der Waals surface area contributed by atoms with E-state index in [1.54, 1.807) is 0 Å². The molecule has 0 unspecified atom stereocenters. The highest BCUT2D eigenvalue weighted by molar-refractivity contribution is 5.81. The average Bonchev–Trinajstić information content (AvgIpc) is 3.20. The van der Waals surface area contributed by atoms with Crippen molar-refractivity contribution >= 4 is 17.9 Å². The van der Waals surface area contributed by atoms with E-state index < -0.39 is 0 Å². The van der Waals surface area contributed by atoms with Crippen LogP contribution in [0.15, 0.2) is 73.8 Å². The van der Waals surface area contributed by atoms with Gasteiger partial charge >= 0.3 is 17.9 Å². The predicted octanol–water partition coefficient (Wildman–Crippen LogP) is 12.3. The van der Waals surface area contributed by atoms with E-state index in [4.69, 9.17) is 18.9 Å². The number of ether oxygens (including phenoxy) is 4. The predicted molar refractivity (Wildman–Crippen MR) is 218 cm³/mol. The highest BCUT2D eigenvalue weighted by Crippen LogP contribution is 2.33. The molecule has 0 aromatic heterocycles. The lowest BCUT2D eigenvalue weighted by atomic mass is 9.79. The van der Waals surface area contributed by atoms with Gasteiger partial charge in [0.05, 0.1) is 25.7 Å². The fraction of sp³-hybridized carbons (Fsp3) is 0.596. The lowest BCUT2D eigenvalue weighted by molar-refractivity contribution is -0.140. The lowest BCUT2D eigenvalue weighted by Gasteiger charge is -2.27. The zero-order valence-electron chi connectivity index (χ0n) is 33.1. The summed E-state index contributed by atoms with van der Waals surface area (Å²) >= 11 is 0. The Balaban J connectivity index is 1.17. The Morgan fingerprint density at radius 1 is 0.500 bits per heavy atom. The summed E-state index contributed by atoms with van der Waals surface area (Å²) in [5, 5.41) is 0. The van der Waals surface area contributed by atoms with Crippen molar-refractivity contribution in [2.45, 2.75) is 148 Å². The molecule has 0 radical (unpaired) electrons. The van der Waals surface area contributed by atoms with E-state index in [9.17, 15) is 14.4 Å². The van der Waals surface area contributed by atoms with Crippen LogP contribution < -0.4 is 9.47 Å². The van der Waals surface area contributed by atoms with Gasteiger partial charge in [-0.05, 0) is 86.3 Å². The molecule has 1 fully saturated rings. The van der Waals surface area contributed by atoms with Gasteiger partial charge in [0, 0.05) is 12.2 Å². The van der Waals surface area contributed by atoms with Crippen LogP contribution in [0.2, 0.25) is 0 Å². The van der Waals surface area contributed by atoms with Crippen LogP contribution in [0.5, 0.6) is 11.5 Å². The van der Waals surface area contributed by atoms with Crippen LogP contribution >= 0.6 is 0 Å². The molecule has 298 valence electrons. The number of hydrogen-bond donors (Lipinski definition) is 0. The Labute approximate surface area is 326 Å². The number of rotatable bonds is 30. The third-order valence-corrected chi connectivity index (χ3v) is 10.6. The lowest BCUT2D eigenvalue weighted by Crippen LogP contribution is -2.25. The van der Waals surface area contributed by atoms with Gasteiger partial charge in [0.1, 0.15) is 11.5 Å². The summed E-state index contributed by atoms with van der Waals surface area (Å²) in [5.74, 6) is 1.50. The van der Waals surface area contributed by atoms with E-state index in [1.807, 2.05) is 36.4 Å². The second-order valence-corrected chi connectivity index (χ2v) is 14.9. The molecular formula is C47H68O7. The molecular weight excluding hydrogens is 677 g/mol. The topological polar surface area (TPSA) is 88.1 Å². The summed E-state index contributed by atoms with van der Waals surface area (Å²) in [6.07, 6.45) is 29.3. The largest absolute Gasteiger partial charge is 0.494 e. The van der Waals surface area contributed by atoms with Crippen LogP contribution in [0.4, 0.5) is 0 Å². The van der Waals surface area contributed by atoms with E-state index in [0.29, 0.717) is 19.0 Å². The van der Waals surface area contributed by atoms with E-state index in [0.717, 1.165) is 87.2 Å². The summed E-state index contributed by atoms with van der Waals surface area (Å²) in [7, 11) is 0. The van der Waals surface area contributed by atoms with Gasteiger partial charge in [-0.1, -0.05) is 140 Å². The fourth-order valence-electron chi connectivity index (χ4n) is 7.21. The van der Waals surface area contributed by atoms with Crippen molar-refractivity contribution in [3.8, 4) is 22.6 Å². The van der Waals surface area contributed by atoms with E-state index in [-0.39, 0.29) is 23.8 Å². The molecule has 0 bridgehead atoms. The summed E-state index contributed by atoms with van der Waals surface area (Å²) in [6, 6.07) is 16.0. The fourth-order valence-corrected chi connectivity index (χ4v) is 7.21. The van der Waals surface area contributed by atoms with Gasteiger partial charge in [-0.15, -0.1) is 0 Å². The molecule has 2 aromatic carbocycles. The standard InChI is InChI=1S/C47H68O7/c1-3-45(48)52-37-21-17-13-8-5-7-11-15-19-23-39-24-26-42(27-25-39)47(50)54-44-34-30-41(31-35-44)40-28-32-43(33-29-40)51-36-20-16-12-9-6-10-14-18-22-38-53-46(49)4-2/h3-4,28-35,39,42H,1-2,5-27,36-38H2. The molecule has 1 aliphatic carbocycles. The first kappa shape index (κ1) is 44.5. The maximum absolute atomic E-state index is 12.9. The van der Waals surface area contributed by atoms with Gasteiger partial charge in [0.25, 0.3) is 0 Å². The number of carbonyl (C=O) groups excluding carboxylic acids is 3. The molecule has 54 heavy (non-hydrogen) atoms. The van der Waals surface area contributed by atoms with E-state index >= 15 is 0 Å². The number of unbranched alkanes of at least 4 members (excludes halogenated alkanes) is 16. The zero-order chi connectivity index (χ0) is 38.5. The quantitative estimate of drug-likeness (QED) is 0.0340. The number of carbonyl (C=O) groups is 3. The van der Waals surface area contributed by atoms with Gasteiger partial charge in [0.2, 0.25) is 0 Å². The minimum atomic E-state index is -0.334. The van der Waals surface area contributed by atoms with Gasteiger partial charge in [-0.2, -0.15) is 0 Å². The highest BCUT2D eigenvalue weighted by atomic mass is 16.5. The van der Waals surface area contributed by atoms with Crippen molar-refractivity contribution in [3.05, 3.63) is 73.8 Å². The molecule has 1 aliphatic rings. The molecule has 7 nitrogen and oxygen atoms in total. The van der Waals surface area contributed by atoms with Gasteiger partial charge in [-0.3, -0.25) is 4.79 Å². The average molecular weight is 745 g/mol. The molecule has 0 N–H and O–H groups in total. The Hall–Kier alpha value is -3.87. The van der Waals surface area contributed by atoms with Crippen LogP contribution in [0, 0.1) is 11.8 Å². The first-order valence-electron chi connectivity index (χ1n) is 21.1. The number of benzene rings is 2. The highest BCUT2D eigenvalue weighted by Gasteiger charge is 2.27. The minimum absolute atomic E-state index is 0.00634. The van der Waals surface area contributed by atoms with Crippen molar-refractivity contribution in [2.24, 2.45) is 11.8 Å². The van der Waals surface area contributed by atoms with Gasteiger partial charge in [-0.25, -0.2) is 9.59 Å². The summed E-state index contributed by atoms with van der Waals surface area (Å²) in [5.41, 5.74) is 2.19. The van der Waals surface area contributed by atoms with Crippen LogP contribution in [0.3, 0.4) is 0 Å². The summed E-state index contributed by atoms with van der Waals surface area (Å²) < 4.78 is 21.8. The van der Waals surface area contributed by atoms with Gasteiger partial charge < -0.3 is 18.9 Å². The molecule has 3 rings (SSSR count). The first-order valence-corrected chi connectivity index (χ1v) is 21.1. The third kappa shape index (κ3) is 20.0. The molecule has 0 atom stereocenters. The Morgan fingerprint density at radius 3 is 1.33 bits per heavy atom. The Bertz CT molecular complexity index is 1320. The second-order valence-electron chi connectivity index (χ2n) is 14.9. The van der Waals surface area contributed by atoms with Crippen molar-refractivity contribution in [2.75, 3.05) is 19.8 Å². The van der Waals surface area contributed by atoms with Crippen molar-refractivity contribution in [1.82, 2.24) is 0 Å². The Morgan fingerprint density at radius 2 is 0.889 bits per heavy atom. The molecule has 0 amide bonds. The Kier molecular flexibility index (Phi) is 23.5. The van der Waals surface area contributed by atoms with E-state index in [1.165, 1.54) is 102 Å².